The van der Waals surface area contributed by atoms with Crippen LogP contribution in [0.2, 0.25) is 0 Å². The van der Waals surface area contributed by atoms with E-state index in [1.807, 2.05) is 6.07 Å². The lowest BCUT2D eigenvalue weighted by molar-refractivity contribution is -0.133. The molecule has 0 fully saturated rings. The van der Waals surface area contributed by atoms with Gasteiger partial charge in [0.1, 0.15) is 0 Å². The van der Waals surface area contributed by atoms with Crippen LogP contribution in [-0.4, -0.2) is 24.8 Å². The zero-order chi connectivity index (χ0) is 13.1. The number of ketones is 2. The second-order valence-electron chi connectivity index (χ2n) is 4.96. The van der Waals surface area contributed by atoms with Gasteiger partial charge in [-0.2, -0.15) is 0 Å². The molecule has 1 unspecified atom stereocenters. The Morgan fingerprint density at radius 1 is 1.12 bits per heavy atom. The van der Waals surface area contributed by atoms with Gasteiger partial charge in [-0.25, -0.2) is 0 Å². The van der Waals surface area contributed by atoms with Crippen molar-refractivity contribution in [2.45, 2.75) is 26.9 Å². The molecule has 3 heteroatoms. The van der Waals surface area contributed by atoms with Gasteiger partial charge in [-0.3, -0.25) is 9.59 Å². The largest absolute Gasteiger partial charge is 0.365 e. The Balaban J connectivity index is 2.97. The predicted molar refractivity (Wildman–Crippen MR) is 66.0 cm³/mol. The molecule has 0 amide bonds. The minimum Gasteiger partial charge on any atom is -0.365 e. The topological polar surface area (TPSA) is 43.4 Å². The zero-order valence-corrected chi connectivity index (χ0v) is 10.7. The van der Waals surface area contributed by atoms with Crippen LogP contribution in [0.3, 0.4) is 0 Å². The van der Waals surface area contributed by atoms with Crippen LogP contribution in [0.15, 0.2) is 30.3 Å². The molecule has 0 saturated heterocycles. The Hall–Kier alpha value is -1.48. The van der Waals surface area contributed by atoms with Crippen LogP contribution in [0.1, 0.15) is 31.1 Å². The van der Waals surface area contributed by atoms with Crippen LogP contribution in [0.25, 0.3) is 0 Å². The van der Waals surface area contributed by atoms with Gasteiger partial charge in [0.25, 0.3) is 0 Å². The van der Waals surface area contributed by atoms with Gasteiger partial charge in [0, 0.05) is 18.1 Å². The Morgan fingerprint density at radius 3 is 2.06 bits per heavy atom. The Kier molecular flexibility index (Phi) is 4.18. The summed E-state index contributed by atoms with van der Waals surface area (Å²) >= 11 is 0. The molecule has 17 heavy (non-hydrogen) atoms. The SMILES string of the molecule is COC(C(=O)c1ccccc1)C(=O)C(C)(C)C. The van der Waals surface area contributed by atoms with Crippen LogP contribution in [-0.2, 0) is 9.53 Å². The summed E-state index contributed by atoms with van der Waals surface area (Å²) in [5.41, 5.74) is -0.0950. The molecule has 92 valence electrons. The fourth-order valence-corrected chi connectivity index (χ4v) is 1.48. The van der Waals surface area contributed by atoms with E-state index in [0.29, 0.717) is 5.56 Å². The third-order valence-electron chi connectivity index (χ3n) is 2.51. The predicted octanol–water partition coefficient (Wildman–Crippen LogP) is 2.50. The average Bonchev–Trinajstić information content (AvgIpc) is 2.29. The lowest BCUT2D eigenvalue weighted by Crippen LogP contribution is -2.39. The van der Waals surface area contributed by atoms with Crippen molar-refractivity contribution < 1.29 is 14.3 Å². The van der Waals surface area contributed by atoms with Gasteiger partial charge in [-0.15, -0.1) is 0 Å². The third-order valence-corrected chi connectivity index (χ3v) is 2.51. The van der Waals surface area contributed by atoms with Crippen molar-refractivity contribution in [3.05, 3.63) is 35.9 Å². The quantitative estimate of drug-likeness (QED) is 0.594. The Labute approximate surface area is 102 Å². The molecule has 0 aromatic heterocycles. The molecule has 1 aromatic carbocycles. The summed E-state index contributed by atoms with van der Waals surface area (Å²) in [7, 11) is 1.38. The van der Waals surface area contributed by atoms with E-state index in [0.717, 1.165) is 0 Å². The molecular weight excluding hydrogens is 216 g/mol. The molecule has 0 aliphatic heterocycles. The van der Waals surface area contributed by atoms with Gasteiger partial charge in [0.05, 0.1) is 0 Å². The summed E-state index contributed by atoms with van der Waals surface area (Å²) < 4.78 is 5.06. The van der Waals surface area contributed by atoms with Crippen LogP contribution in [0.5, 0.6) is 0 Å². The fourth-order valence-electron chi connectivity index (χ4n) is 1.48. The van der Waals surface area contributed by atoms with E-state index in [2.05, 4.69) is 0 Å². The molecule has 3 nitrogen and oxygen atoms in total. The van der Waals surface area contributed by atoms with Crippen molar-refractivity contribution in [1.29, 1.82) is 0 Å². The number of benzene rings is 1. The second-order valence-corrected chi connectivity index (χ2v) is 4.96. The highest BCUT2D eigenvalue weighted by atomic mass is 16.5. The van der Waals surface area contributed by atoms with E-state index in [-0.39, 0.29) is 11.6 Å². The van der Waals surface area contributed by atoms with Crippen LogP contribution >= 0.6 is 0 Å². The van der Waals surface area contributed by atoms with Gasteiger partial charge in [0.15, 0.2) is 17.7 Å². The van der Waals surface area contributed by atoms with E-state index in [9.17, 15) is 9.59 Å². The third kappa shape index (κ3) is 3.24. The number of carbonyl (C=O) groups is 2. The normalized spacial score (nSPS) is 13.2. The molecule has 0 N–H and O–H groups in total. The number of Topliss-reactive ketones (excluding diaryl/α,β-unsaturated/α-hetero) is 2. The minimum atomic E-state index is -1.02. The lowest BCUT2D eigenvalue weighted by Gasteiger charge is -2.22. The maximum Gasteiger partial charge on any atom is 0.199 e. The zero-order valence-electron chi connectivity index (χ0n) is 10.7. The second kappa shape index (κ2) is 5.23. The van der Waals surface area contributed by atoms with E-state index < -0.39 is 11.5 Å². The first-order valence-corrected chi connectivity index (χ1v) is 5.54. The first-order chi connectivity index (χ1) is 7.88. The number of ether oxygens (including phenoxy) is 1. The van der Waals surface area contributed by atoms with Gasteiger partial charge in [0.2, 0.25) is 0 Å². The van der Waals surface area contributed by atoms with E-state index in [1.54, 1.807) is 45.0 Å². The van der Waals surface area contributed by atoms with Crippen molar-refractivity contribution in [2.24, 2.45) is 5.41 Å². The molecule has 0 bridgehead atoms. The molecule has 0 saturated carbocycles. The van der Waals surface area contributed by atoms with Crippen molar-refractivity contribution in [3.8, 4) is 0 Å². The van der Waals surface area contributed by atoms with Crippen LogP contribution in [0, 0.1) is 5.41 Å². The summed E-state index contributed by atoms with van der Waals surface area (Å²) in [5.74, 6) is -0.484. The smallest absolute Gasteiger partial charge is 0.199 e. The summed E-state index contributed by atoms with van der Waals surface area (Å²) in [5, 5.41) is 0. The highest BCUT2D eigenvalue weighted by Gasteiger charge is 2.34. The molecule has 1 rings (SSSR count). The molecule has 0 aliphatic carbocycles. The van der Waals surface area contributed by atoms with Crippen molar-refractivity contribution in [3.63, 3.8) is 0 Å². The summed E-state index contributed by atoms with van der Waals surface area (Å²) in [4.78, 5) is 24.2. The Morgan fingerprint density at radius 2 is 1.65 bits per heavy atom. The molecule has 0 spiro atoms. The number of rotatable bonds is 4. The van der Waals surface area contributed by atoms with Gasteiger partial charge >= 0.3 is 0 Å². The van der Waals surface area contributed by atoms with Crippen LogP contribution in [0.4, 0.5) is 0 Å². The number of methoxy groups -OCH3 is 1. The maximum absolute atomic E-state index is 12.1. The molecular formula is C14H18O3. The molecule has 0 radical (unpaired) electrons. The monoisotopic (exact) mass is 234 g/mol. The van der Waals surface area contributed by atoms with Crippen molar-refractivity contribution >= 4 is 11.6 Å². The van der Waals surface area contributed by atoms with Crippen molar-refractivity contribution in [1.82, 2.24) is 0 Å². The van der Waals surface area contributed by atoms with Gasteiger partial charge < -0.3 is 4.74 Å². The average molecular weight is 234 g/mol. The van der Waals surface area contributed by atoms with E-state index in [4.69, 9.17) is 4.74 Å². The molecule has 0 aliphatic rings. The summed E-state index contributed by atoms with van der Waals surface area (Å²) in [6, 6.07) is 8.72. The standard InChI is InChI=1S/C14H18O3/c1-14(2,3)13(16)12(17-4)11(15)10-8-6-5-7-9-10/h5-9,12H,1-4H3. The highest BCUT2D eigenvalue weighted by molar-refractivity contribution is 6.14. The maximum atomic E-state index is 12.1. The highest BCUT2D eigenvalue weighted by Crippen LogP contribution is 2.20. The minimum absolute atomic E-state index is 0.200. The molecule has 1 aromatic rings. The first kappa shape index (κ1) is 13.6. The van der Waals surface area contributed by atoms with E-state index >= 15 is 0 Å². The Bertz CT molecular complexity index is 401. The fraction of sp³-hybridized carbons (Fsp3) is 0.429. The van der Waals surface area contributed by atoms with Gasteiger partial charge in [-0.1, -0.05) is 51.1 Å². The molecule has 1 atom stereocenters. The van der Waals surface area contributed by atoms with E-state index in [1.165, 1.54) is 7.11 Å². The lowest BCUT2D eigenvalue weighted by atomic mass is 9.85. The van der Waals surface area contributed by atoms with Crippen molar-refractivity contribution in [2.75, 3.05) is 7.11 Å². The molecule has 0 heterocycles. The number of hydrogen-bond donors (Lipinski definition) is 0. The number of carbonyl (C=O) groups excluding carboxylic acids is 2. The summed E-state index contributed by atoms with van der Waals surface area (Å²) in [6.07, 6.45) is -1.02. The summed E-state index contributed by atoms with van der Waals surface area (Å²) in [6.45, 7) is 5.33. The van der Waals surface area contributed by atoms with Gasteiger partial charge in [-0.05, 0) is 0 Å². The number of hydrogen-bond acceptors (Lipinski definition) is 3. The first-order valence-electron chi connectivity index (χ1n) is 5.54. The van der Waals surface area contributed by atoms with Crippen LogP contribution < -0.4 is 0 Å².